The van der Waals surface area contributed by atoms with Crippen molar-refractivity contribution in [2.45, 2.75) is 26.9 Å². The van der Waals surface area contributed by atoms with Crippen molar-refractivity contribution in [1.82, 2.24) is 14.9 Å². The molecule has 0 aliphatic rings. The number of nitrogens with one attached hydrogen (secondary N) is 1. The summed E-state index contributed by atoms with van der Waals surface area (Å²) in [4.78, 5) is 27.3. The highest BCUT2D eigenvalue weighted by molar-refractivity contribution is 5.86. The first-order valence-electron chi connectivity index (χ1n) is 5.22. The van der Waals surface area contributed by atoms with Crippen LogP contribution in [0.2, 0.25) is 0 Å². The lowest BCUT2D eigenvalue weighted by atomic mass is 9.95. The molecule has 0 fully saturated rings. The Labute approximate surface area is 100.0 Å². The topological polar surface area (TPSA) is 73.2 Å². The van der Waals surface area contributed by atoms with Gasteiger partial charge in [-0.2, -0.15) is 0 Å². The number of carbonyl (C=O) groups is 2. The normalized spacial score (nSPS) is 12.9. The van der Waals surface area contributed by atoms with Gasteiger partial charge in [0.2, 0.25) is 12.1 Å². The second kappa shape index (κ2) is 4.99. The maximum atomic E-state index is 11.8. The number of ether oxygens (including phenoxy) is 1. The van der Waals surface area contributed by atoms with E-state index in [1.165, 1.54) is 24.2 Å². The van der Waals surface area contributed by atoms with Crippen LogP contribution in [0.25, 0.3) is 0 Å². The summed E-state index contributed by atoms with van der Waals surface area (Å²) >= 11 is 0. The molecule has 1 atom stereocenters. The van der Waals surface area contributed by atoms with Gasteiger partial charge in [-0.1, -0.05) is 20.8 Å². The van der Waals surface area contributed by atoms with Gasteiger partial charge in [-0.15, -0.1) is 0 Å². The molecule has 0 aliphatic heterocycles. The van der Waals surface area contributed by atoms with E-state index in [2.05, 4.69) is 15.0 Å². The first-order valence-corrected chi connectivity index (χ1v) is 5.22. The minimum Gasteiger partial charge on any atom is -0.466 e. The van der Waals surface area contributed by atoms with Gasteiger partial charge in [0.15, 0.2) is 0 Å². The number of amides is 1. The van der Waals surface area contributed by atoms with E-state index in [9.17, 15) is 9.59 Å². The van der Waals surface area contributed by atoms with Crippen molar-refractivity contribution in [2.75, 3.05) is 7.11 Å². The smallest absolute Gasteiger partial charge is 0.349 e. The highest BCUT2D eigenvalue weighted by Gasteiger charge is 2.28. The Morgan fingerprint density at radius 2 is 2.06 bits per heavy atom. The SMILES string of the molecule is COC(=O)C(NC(=O)C(C)(C)C)n1ccnc1. The molecule has 0 aromatic carbocycles. The molecule has 0 spiro atoms. The number of esters is 1. The lowest BCUT2D eigenvalue weighted by molar-refractivity contribution is -0.149. The van der Waals surface area contributed by atoms with Crippen LogP contribution in [0.1, 0.15) is 26.9 Å². The van der Waals surface area contributed by atoms with Crippen LogP contribution < -0.4 is 5.32 Å². The number of rotatable bonds is 3. The van der Waals surface area contributed by atoms with E-state index < -0.39 is 17.6 Å². The number of methoxy groups -OCH3 is 1. The van der Waals surface area contributed by atoms with Gasteiger partial charge in [0.05, 0.1) is 13.4 Å². The third-order valence-corrected chi connectivity index (χ3v) is 2.20. The van der Waals surface area contributed by atoms with E-state index >= 15 is 0 Å². The van der Waals surface area contributed by atoms with Crippen LogP contribution in [-0.2, 0) is 14.3 Å². The molecule has 1 rings (SSSR count). The molecule has 1 aromatic heterocycles. The average Bonchev–Trinajstić information content (AvgIpc) is 2.76. The van der Waals surface area contributed by atoms with E-state index in [1.807, 2.05) is 0 Å². The molecule has 0 saturated heterocycles. The van der Waals surface area contributed by atoms with Crippen LogP contribution in [0.15, 0.2) is 18.7 Å². The van der Waals surface area contributed by atoms with Gasteiger partial charge in [-0.3, -0.25) is 4.79 Å². The summed E-state index contributed by atoms with van der Waals surface area (Å²) in [6, 6.07) is 0. The standard InChI is InChI=1S/C11H17N3O3/c1-11(2,3)10(16)13-8(9(15)17-4)14-6-5-12-7-14/h5-8H,1-4H3,(H,13,16). The Balaban J connectivity index is 2.87. The van der Waals surface area contributed by atoms with Crippen molar-refractivity contribution in [3.05, 3.63) is 18.7 Å². The molecule has 0 radical (unpaired) electrons. The van der Waals surface area contributed by atoms with Crippen molar-refractivity contribution in [3.63, 3.8) is 0 Å². The first-order chi connectivity index (χ1) is 7.86. The number of carbonyl (C=O) groups excluding carboxylic acids is 2. The van der Waals surface area contributed by atoms with Gasteiger partial charge in [-0.05, 0) is 0 Å². The van der Waals surface area contributed by atoms with E-state index in [0.717, 1.165) is 0 Å². The van der Waals surface area contributed by atoms with Crippen molar-refractivity contribution in [2.24, 2.45) is 5.41 Å². The Morgan fingerprint density at radius 3 is 2.47 bits per heavy atom. The zero-order chi connectivity index (χ0) is 13.1. The van der Waals surface area contributed by atoms with Crippen molar-refractivity contribution in [1.29, 1.82) is 0 Å². The number of nitrogens with zero attached hydrogens (tertiary/aromatic N) is 2. The minimum atomic E-state index is -0.880. The largest absolute Gasteiger partial charge is 0.466 e. The lowest BCUT2D eigenvalue weighted by Gasteiger charge is -2.23. The molecule has 1 heterocycles. The number of hydrogen-bond acceptors (Lipinski definition) is 4. The van der Waals surface area contributed by atoms with E-state index in [0.29, 0.717) is 0 Å². The molecule has 1 amide bonds. The molecular formula is C11H17N3O3. The fourth-order valence-electron chi connectivity index (χ4n) is 1.13. The molecule has 0 aliphatic carbocycles. The zero-order valence-corrected chi connectivity index (χ0v) is 10.4. The minimum absolute atomic E-state index is 0.235. The molecule has 6 nitrogen and oxygen atoms in total. The molecule has 1 unspecified atom stereocenters. The molecule has 1 N–H and O–H groups in total. The summed E-state index contributed by atoms with van der Waals surface area (Å²) in [5, 5.41) is 2.62. The zero-order valence-electron chi connectivity index (χ0n) is 10.4. The molecule has 6 heteroatoms. The summed E-state index contributed by atoms with van der Waals surface area (Å²) in [6.45, 7) is 5.31. The van der Waals surface area contributed by atoms with Crippen LogP contribution in [0, 0.1) is 5.41 Å². The number of imidazole rings is 1. The quantitative estimate of drug-likeness (QED) is 0.789. The summed E-state index contributed by atoms with van der Waals surface area (Å²) in [6.07, 6.45) is 3.68. The van der Waals surface area contributed by atoms with Crippen LogP contribution in [0.3, 0.4) is 0 Å². The van der Waals surface area contributed by atoms with Crippen LogP contribution in [0.5, 0.6) is 0 Å². The maximum Gasteiger partial charge on any atom is 0.349 e. The molecule has 17 heavy (non-hydrogen) atoms. The molecular weight excluding hydrogens is 222 g/mol. The molecule has 0 bridgehead atoms. The predicted octanol–water partition coefficient (Wildman–Crippen LogP) is 0.717. The molecule has 1 aromatic rings. The molecule has 0 saturated carbocycles. The van der Waals surface area contributed by atoms with Crippen LogP contribution in [0.4, 0.5) is 0 Å². The Bertz CT molecular complexity index is 393. The van der Waals surface area contributed by atoms with Crippen molar-refractivity contribution >= 4 is 11.9 Å². The predicted molar refractivity (Wildman–Crippen MR) is 60.9 cm³/mol. The highest BCUT2D eigenvalue weighted by Crippen LogP contribution is 2.15. The third kappa shape index (κ3) is 3.30. The Hall–Kier alpha value is -1.85. The second-order valence-corrected chi connectivity index (χ2v) is 4.66. The highest BCUT2D eigenvalue weighted by atomic mass is 16.5. The third-order valence-electron chi connectivity index (χ3n) is 2.20. The fraction of sp³-hybridized carbons (Fsp3) is 0.545. The maximum absolute atomic E-state index is 11.8. The summed E-state index contributed by atoms with van der Waals surface area (Å²) in [5.74, 6) is -0.776. The van der Waals surface area contributed by atoms with Crippen molar-refractivity contribution in [3.8, 4) is 0 Å². The van der Waals surface area contributed by atoms with Gasteiger partial charge in [-0.25, -0.2) is 9.78 Å². The van der Waals surface area contributed by atoms with Crippen LogP contribution in [-0.4, -0.2) is 28.5 Å². The summed E-state index contributed by atoms with van der Waals surface area (Å²) < 4.78 is 6.13. The van der Waals surface area contributed by atoms with Gasteiger partial charge >= 0.3 is 5.97 Å². The fourth-order valence-corrected chi connectivity index (χ4v) is 1.13. The second-order valence-electron chi connectivity index (χ2n) is 4.66. The Morgan fingerprint density at radius 1 is 1.41 bits per heavy atom. The van der Waals surface area contributed by atoms with E-state index in [1.54, 1.807) is 27.0 Å². The van der Waals surface area contributed by atoms with Gasteiger partial charge in [0, 0.05) is 17.8 Å². The van der Waals surface area contributed by atoms with Crippen molar-refractivity contribution < 1.29 is 14.3 Å². The average molecular weight is 239 g/mol. The molecule has 94 valence electrons. The van der Waals surface area contributed by atoms with E-state index in [-0.39, 0.29) is 5.91 Å². The van der Waals surface area contributed by atoms with Crippen LogP contribution >= 0.6 is 0 Å². The Kier molecular flexibility index (Phi) is 3.88. The van der Waals surface area contributed by atoms with Gasteiger partial charge in [0.1, 0.15) is 0 Å². The summed E-state index contributed by atoms with van der Waals surface area (Å²) in [5.41, 5.74) is -0.577. The monoisotopic (exact) mass is 239 g/mol. The van der Waals surface area contributed by atoms with E-state index in [4.69, 9.17) is 0 Å². The summed E-state index contributed by atoms with van der Waals surface area (Å²) in [7, 11) is 1.27. The lowest BCUT2D eigenvalue weighted by Crippen LogP contribution is -2.43. The van der Waals surface area contributed by atoms with Gasteiger partial charge in [0.25, 0.3) is 0 Å². The first kappa shape index (κ1) is 13.2. The number of aromatic nitrogens is 2. The van der Waals surface area contributed by atoms with Gasteiger partial charge < -0.3 is 14.6 Å². The number of hydrogen-bond donors (Lipinski definition) is 1.